The number of aryl methyl sites for hydroxylation is 3. The van der Waals surface area contributed by atoms with E-state index < -0.39 is 10.0 Å². The molecule has 0 saturated carbocycles. The van der Waals surface area contributed by atoms with Crippen molar-refractivity contribution in [2.75, 3.05) is 4.72 Å². The Bertz CT molecular complexity index is 1020. The van der Waals surface area contributed by atoms with E-state index in [0.29, 0.717) is 23.4 Å². The summed E-state index contributed by atoms with van der Waals surface area (Å²) < 4.78 is 42.7. The summed E-state index contributed by atoms with van der Waals surface area (Å²) >= 11 is 0. The fourth-order valence-electron chi connectivity index (χ4n) is 3.08. The minimum Gasteiger partial charge on any atom is -0.276 e. The van der Waals surface area contributed by atoms with E-state index in [9.17, 15) is 12.8 Å². The van der Waals surface area contributed by atoms with Crippen molar-refractivity contribution in [3.8, 4) is 0 Å². The van der Waals surface area contributed by atoms with Crippen molar-refractivity contribution in [1.29, 1.82) is 0 Å². The van der Waals surface area contributed by atoms with Crippen molar-refractivity contribution in [3.05, 3.63) is 76.9 Å². The Morgan fingerprint density at radius 3 is 2.31 bits per heavy atom. The third kappa shape index (κ3) is 3.94. The lowest BCUT2D eigenvalue weighted by molar-refractivity contribution is 0.600. The van der Waals surface area contributed by atoms with Crippen molar-refractivity contribution < 1.29 is 12.8 Å². The van der Waals surface area contributed by atoms with Gasteiger partial charge in [0, 0.05) is 6.20 Å². The number of nitrogens with one attached hydrogen (secondary N) is 1. The highest BCUT2D eigenvalue weighted by Crippen LogP contribution is 2.24. The Morgan fingerprint density at radius 2 is 1.69 bits per heavy atom. The lowest BCUT2D eigenvalue weighted by Crippen LogP contribution is -2.15. The number of sulfonamides is 1. The first-order chi connectivity index (χ1) is 12.2. The predicted octanol–water partition coefficient (Wildman–Crippen LogP) is 3.80. The van der Waals surface area contributed by atoms with Gasteiger partial charge in [0.05, 0.1) is 23.3 Å². The molecule has 2 aromatic carbocycles. The largest absolute Gasteiger partial charge is 0.276 e. The van der Waals surface area contributed by atoms with E-state index in [4.69, 9.17) is 0 Å². The SMILES string of the molecule is Cc1cc(C)c(S(=O)(=O)Nc2cnn(Cc3ccc(F)cc3)c2)c(C)c1. The molecule has 0 aliphatic carbocycles. The number of halogens is 1. The molecule has 1 N–H and O–H groups in total. The van der Waals surface area contributed by atoms with Crippen LogP contribution in [0.25, 0.3) is 0 Å². The van der Waals surface area contributed by atoms with Crippen LogP contribution >= 0.6 is 0 Å². The van der Waals surface area contributed by atoms with Gasteiger partial charge in [0.25, 0.3) is 10.0 Å². The number of benzene rings is 2. The molecule has 0 aliphatic heterocycles. The van der Waals surface area contributed by atoms with Gasteiger partial charge in [-0.05, 0) is 49.6 Å². The van der Waals surface area contributed by atoms with Crippen LogP contribution in [-0.4, -0.2) is 18.2 Å². The first kappa shape index (κ1) is 18.1. The second kappa shape index (κ2) is 6.92. The Labute approximate surface area is 152 Å². The average Bonchev–Trinajstić information content (AvgIpc) is 2.94. The van der Waals surface area contributed by atoms with E-state index in [-0.39, 0.29) is 10.7 Å². The molecule has 1 heterocycles. The summed E-state index contributed by atoms with van der Waals surface area (Å²) in [5.74, 6) is -0.300. The maximum absolute atomic E-state index is 13.0. The zero-order chi connectivity index (χ0) is 18.9. The van der Waals surface area contributed by atoms with Gasteiger partial charge in [-0.2, -0.15) is 5.10 Å². The monoisotopic (exact) mass is 373 g/mol. The van der Waals surface area contributed by atoms with Gasteiger partial charge < -0.3 is 0 Å². The second-order valence-corrected chi connectivity index (χ2v) is 8.01. The summed E-state index contributed by atoms with van der Waals surface area (Å²) in [4.78, 5) is 0.286. The highest BCUT2D eigenvalue weighted by Gasteiger charge is 2.20. The molecule has 3 aromatic rings. The van der Waals surface area contributed by atoms with Crippen LogP contribution in [0.4, 0.5) is 10.1 Å². The van der Waals surface area contributed by atoms with E-state index in [1.165, 1.54) is 18.3 Å². The predicted molar refractivity (Wildman–Crippen MR) is 99.2 cm³/mol. The van der Waals surface area contributed by atoms with E-state index in [1.54, 1.807) is 36.9 Å². The second-order valence-electron chi connectivity index (χ2n) is 6.39. The van der Waals surface area contributed by atoms with Crippen LogP contribution < -0.4 is 4.72 Å². The standard InChI is InChI=1S/C19H20FN3O2S/c1-13-8-14(2)19(15(3)9-13)26(24,25)22-18-10-21-23(12-18)11-16-4-6-17(20)7-5-16/h4-10,12,22H,11H2,1-3H3. The zero-order valence-electron chi connectivity index (χ0n) is 14.8. The van der Waals surface area contributed by atoms with Crippen LogP contribution in [0, 0.1) is 26.6 Å². The Hall–Kier alpha value is -2.67. The molecular weight excluding hydrogens is 353 g/mol. The zero-order valence-corrected chi connectivity index (χ0v) is 15.6. The Balaban J connectivity index is 1.81. The molecule has 5 nitrogen and oxygen atoms in total. The molecule has 26 heavy (non-hydrogen) atoms. The summed E-state index contributed by atoms with van der Waals surface area (Å²) in [6, 6.07) is 9.79. The molecule has 0 atom stereocenters. The van der Waals surface area contributed by atoms with Crippen molar-refractivity contribution >= 4 is 15.7 Å². The number of anilines is 1. The minimum absolute atomic E-state index is 0.286. The maximum Gasteiger partial charge on any atom is 0.262 e. The third-order valence-electron chi connectivity index (χ3n) is 4.02. The molecule has 136 valence electrons. The van der Waals surface area contributed by atoms with Crippen molar-refractivity contribution in [2.45, 2.75) is 32.2 Å². The van der Waals surface area contributed by atoms with Crippen LogP contribution in [0.1, 0.15) is 22.3 Å². The highest BCUT2D eigenvalue weighted by molar-refractivity contribution is 7.92. The molecule has 0 radical (unpaired) electrons. The average molecular weight is 373 g/mol. The van der Waals surface area contributed by atoms with Gasteiger partial charge in [-0.3, -0.25) is 9.40 Å². The lowest BCUT2D eigenvalue weighted by atomic mass is 10.1. The third-order valence-corrected chi connectivity index (χ3v) is 5.70. The van der Waals surface area contributed by atoms with E-state index in [2.05, 4.69) is 9.82 Å². The van der Waals surface area contributed by atoms with Gasteiger partial charge in [0.15, 0.2) is 0 Å². The van der Waals surface area contributed by atoms with E-state index in [1.807, 2.05) is 19.1 Å². The Kier molecular flexibility index (Phi) is 4.82. The fourth-order valence-corrected chi connectivity index (χ4v) is 4.56. The van der Waals surface area contributed by atoms with E-state index >= 15 is 0 Å². The molecular formula is C19H20FN3O2S. The topological polar surface area (TPSA) is 64.0 Å². The first-order valence-electron chi connectivity index (χ1n) is 8.12. The van der Waals surface area contributed by atoms with Crippen molar-refractivity contribution in [1.82, 2.24) is 9.78 Å². The molecule has 0 fully saturated rings. The summed E-state index contributed by atoms with van der Waals surface area (Å²) in [6.07, 6.45) is 3.07. The van der Waals surface area contributed by atoms with Gasteiger partial charge >= 0.3 is 0 Å². The molecule has 0 aliphatic rings. The smallest absolute Gasteiger partial charge is 0.262 e. The van der Waals surface area contributed by atoms with Gasteiger partial charge in [-0.15, -0.1) is 0 Å². The number of hydrogen-bond donors (Lipinski definition) is 1. The van der Waals surface area contributed by atoms with Gasteiger partial charge in [-0.25, -0.2) is 12.8 Å². The summed E-state index contributed by atoms with van der Waals surface area (Å²) in [7, 11) is -3.71. The first-order valence-corrected chi connectivity index (χ1v) is 9.60. The Morgan fingerprint density at radius 1 is 1.08 bits per heavy atom. The fraction of sp³-hybridized carbons (Fsp3) is 0.211. The summed E-state index contributed by atoms with van der Waals surface area (Å²) in [5, 5.41) is 4.17. The molecule has 0 spiro atoms. The van der Waals surface area contributed by atoms with E-state index in [0.717, 1.165) is 11.1 Å². The van der Waals surface area contributed by atoms with Gasteiger partial charge in [0.1, 0.15) is 5.82 Å². The number of nitrogens with zero attached hydrogens (tertiary/aromatic N) is 2. The van der Waals surface area contributed by atoms with Crippen molar-refractivity contribution in [3.63, 3.8) is 0 Å². The quantitative estimate of drug-likeness (QED) is 0.740. The summed E-state index contributed by atoms with van der Waals surface area (Å²) in [6.45, 7) is 5.92. The molecule has 3 rings (SSSR count). The van der Waals surface area contributed by atoms with Gasteiger partial charge in [-0.1, -0.05) is 29.8 Å². The van der Waals surface area contributed by atoms with Crippen LogP contribution in [0.3, 0.4) is 0 Å². The highest BCUT2D eigenvalue weighted by atomic mass is 32.2. The molecule has 1 aromatic heterocycles. The van der Waals surface area contributed by atoms with Gasteiger partial charge in [0.2, 0.25) is 0 Å². The summed E-state index contributed by atoms with van der Waals surface area (Å²) in [5.41, 5.74) is 3.68. The molecule has 7 heteroatoms. The number of hydrogen-bond acceptors (Lipinski definition) is 3. The maximum atomic E-state index is 13.0. The molecule has 0 unspecified atom stereocenters. The normalized spacial score (nSPS) is 11.5. The van der Waals surface area contributed by atoms with Crippen LogP contribution in [0.15, 0.2) is 53.7 Å². The van der Waals surface area contributed by atoms with Crippen molar-refractivity contribution in [2.24, 2.45) is 0 Å². The number of aromatic nitrogens is 2. The van der Waals surface area contributed by atoms with Crippen LogP contribution in [-0.2, 0) is 16.6 Å². The minimum atomic E-state index is -3.71. The number of rotatable bonds is 5. The molecule has 0 bridgehead atoms. The molecule has 0 amide bonds. The lowest BCUT2D eigenvalue weighted by Gasteiger charge is -2.12. The van der Waals surface area contributed by atoms with Crippen LogP contribution in [0.5, 0.6) is 0 Å². The molecule has 0 saturated heterocycles. The van der Waals surface area contributed by atoms with Crippen LogP contribution in [0.2, 0.25) is 0 Å².